The number of thiophene rings is 1. The molecular weight excluding hydrogens is 454 g/mol. The van der Waals surface area contributed by atoms with E-state index in [0.29, 0.717) is 18.7 Å². The molecule has 0 unspecified atom stereocenters. The zero-order valence-electron chi connectivity index (χ0n) is 15.9. The van der Waals surface area contributed by atoms with E-state index in [-0.39, 0.29) is 5.91 Å². The van der Waals surface area contributed by atoms with Crippen LogP contribution in [0.4, 0.5) is 0 Å². The second-order valence-electron chi connectivity index (χ2n) is 6.73. The summed E-state index contributed by atoms with van der Waals surface area (Å²) in [6.45, 7) is 5.22. The number of aromatic nitrogens is 1. The molecule has 1 fully saturated rings. The molecule has 0 bridgehead atoms. The van der Waals surface area contributed by atoms with Crippen molar-refractivity contribution >= 4 is 43.3 Å². The molecule has 0 aliphatic carbocycles. The van der Waals surface area contributed by atoms with Crippen LogP contribution < -0.4 is 10.1 Å². The van der Waals surface area contributed by atoms with Crippen molar-refractivity contribution in [1.29, 1.82) is 0 Å². The Kier molecular flexibility index (Phi) is 6.76. The minimum absolute atomic E-state index is 0.0966. The van der Waals surface area contributed by atoms with Crippen molar-refractivity contribution in [3.63, 3.8) is 0 Å². The van der Waals surface area contributed by atoms with Crippen LogP contribution in [0.5, 0.6) is 5.75 Å². The number of ether oxygens (including phenoxy) is 2. The Morgan fingerprint density at radius 3 is 2.86 bits per heavy atom. The number of halogens is 1. The van der Waals surface area contributed by atoms with E-state index >= 15 is 0 Å². The lowest BCUT2D eigenvalue weighted by atomic mass is 10.2. The molecule has 0 spiro atoms. The molecule has 0 radical (unpaired) electrons. The predicted molar refractivity (Wildman–Crippen MR) is 118 cm³/mol. The summed E-state index contributed by atoms with van der Waals surface area (Å²) in [7, 11) is 0. The third-order valence-electron chi connectivity index (χ3n) is 4.74. The summed E-state index contributed by atoms with van der Waals surface area (Å²) < 4.78 is 12.9. The van der Waals surface area contributed by atoms with Gasteiger partial charge in [-0.3, -0.25) is 9.69 Å². The summed E-state index contributed by atoms with van der Waals surface area (Å²) >= 11 is 5.06. The van der Waals surface area contributed by atoms with E-state index in [1.807, 2.05) is 36.4 Å². The van der Waals surface area contributed by atoms with Gasteiger partial charge in [-0.2, -0.15) is 0 Å². The number of para-hydroxylation sites is 1. The summed E-state index contributed by atoms with van der Waals surface area (Å²) in [6.07, 6.45) is 1.63. The van der Waals surface area contributed by atoms with Gasteiger partial charge in [-0.1, -0.05) is 18.2 Å². The number of carbonyl (C=O) groups is 1. The van der Waals surface area contributed by atoms with Crippen LogP contribution in [0.15, 0.2) is 47.2 Å². The van der Waals surface area contributed by atoms with E-state index in [4.69, 9.17) is 9.47 Å². The third kappa shape index (κ3) is 5.14. The maximum absolute atomic E-state index is 12.8. The van der Waals surface area contributed by atoms with Crippen LogP contribution in [0.3, 0.4) is 0 Å². The molecule has 3 aromatic rings. The Morgan fingerprint density at radius 2 is 2.07 bits per heavy atom. The maximum atomic E-state index is 12.8. The largest absolute Gasteiger partial charge is 0.488 e. The van der Waals surface area contributed by atoms with E-state index in [0.717, 1.165) is 58.2 Å². The molecule has 1 amide bonds. The average molecular weight is 476 g/mol. The first-order valence-electron chi connectivity index (χ1n) is 9.54. The van der Waals surface area contributed by atoms with Gasteiger partial charge in [0.05, 0.1) is 23.5 Å². The molecule has 1 aliphatic heterocycles. The molecule has 0 saturated carbocycles. The number of pyridine rings is 1. The summed E-state index contributed by atoms with van der Waals surface area (Å²) in [5, 5.41) is 3.96. The van der Waals surface area contributed by atoms with Crippen molar-refractivity contribution in [1.82, 2.24) is 15.2 Å². The third-order valence-corrected chi connectivity index (χ3v) is 6.52. The van der Waals surface area contributed by atoms with Gasteiger partial charge in [-0.25, -0.2) is 4.98 Å². The molecule has 29 heavy (non-hydrogen) atoms. The Hall–Kier alpha value is -2.00. The van der Waals surface area contributed by atoms with Gasteiger partial charge in [0.15, 0.2) is 0 Å². The van der Waals surface area contributed by atoms with Crippen LogP contribution in [0.2, 0.25) is 0 Å². The molecule has 1 aliphatic rings. The van der Waals surface area contributed by atoms with E-state index in [9.17, 15) is 4.79 Å². The van der Waals surface area contributed by atoms with Crippen LogP contribution in [0, 0.1) is 0 Å². The second-order valence-corrected chi connectivity index (χ2v) is 8.62. The van der Waals surface area contributed by atoms with E-state index in [1.54, 1.807) is 17.5 Å². The first-order chi connectivity index (χ1) is 14.2. The average Bonchev–Trinajstić information content (AvgIpc) is 3.19. The molecule has 6 nitrogen and oxygen atoms in total. The Balaban J connectivity index is 1.43. The Labute approximate surface area is 182 Å². The molecule has 152 valence electrons. The van der Waals surface area contributed by atoms with Gasteiger partial charge in [0.2, 0.25) is 0 Å². The fraction of sp³-hybridized carbons (Fsp3) is 0.333. The standard InChI is InChI=1S/C21H22BrN3O3S/c22-20-17-12-16(14-28-15-4-2-1-3-5-15)29-19(17)18(13-24-20)21(26)23-6-7-25-8-10-27-11-9-25/h1-5,12-13H,6-11,14H2,(H,23,26). The van der Waals surface area contributed by atoms with Crippen molar-refractivity contribution < 1.29 is 14.3 Å². The predicted octanol–water partition coefficient (Wildman–Crippen LogP) is 3.70. The quantitative estimate of drug-likeness (QED) is 0.527. The normalized spacial score (nSPS) is 14.8. The number of nitrogens with zero attached hydrogens (tertiary/aromatic N) is 2. The number of benzene rings is 1. The van der Waals surface area contributed by atoms with Crippen LogP contribution in [-0.4, -0.2) is 55.2 Å². The zero-order valence-corrected chi connectivity index (χ0v) is 18.3. The number of morpholine rings is 1. The maximum Gasteiger partial charge on any atom is 0.254 e. The highest BCUT2D eigenvalue weighted by atomic mass is 79.9. The van der Waals surface area contributed by atoms with Gasteiger partial charge in [-0.15, -0.1) is 11.3 Å². The lowest BCUT2D eigenvalue weighted by Gasteiger charge is -2.26. The van der Waals surface area contributed by atoms with Crippen molar-refractivity contribution in [2.45, 2.75) is 6.61 Å². The highest BCUT2D eigenvalue weighted by Gasteiger charge is 2.17. The van der Waals surface area contributed by atoms with Gasteiger partial charge in [0.1, 0.15) is 17.0 Å². The fourth-order valence-corrected chi connectivity index (χ4v) is 4.82. The monoisotopic (exact) mass is 475 g/mol. The summed E-state index contributed by atoms with van der Waals surface area (Å²) in [6, 6.07) is 11.7. The van der Waals surface area contributed by atoms with Gasteiger partial charge < -0.3 is 14.8 Å². The molecule has 4 rings (SSSR count). The van der Waals surface area contributed by atoms with E-state index in [1.165, 1.54) is 0 Å². The molecule has 1 saturated heterocycles. The number of amides is 1. The van der Waals surface area contributed by atoms with Crippen LogP contribution in [-0.2, 0) is 11.3 Å². The lowest BCUT2D eigenvalue weighted by Crippen LogP contribution is -2.41. The highest BCUT2D eigenvalue weighted by Crippen LogP contribution is 2.33. The van der Waals surface area contributed by atoms with Gasteiger partial charge in [0, 0.05) is 42.6 Å². The van der Waals surface area contributed by atoms with Crippen LogP contribution >= 0.6 is 27.3 Å². The number of hydrogen-bond donors (Lipinski definition) is 1. The zero-order chi connectivity index (χ0) is 20.1. The van der Waals surface area contributed by atoms with Crippen molar-refractivity contribution in [2.75, 3.05) is 39.4 Å². The summed E-state index contributed by atoms with van der Waals surface area (Å²) in [4.78, 5) is 20.5. The van der Waals surface area contributed by atoms with Crippen molar-refractivity contribution in [3.05, 3.63) is 57.6 Å². The van der Waals surface area contributed by atoms with Crippen molar-refractivity contribution in [2.24, 2.45) is 0 Å². The smallest absolute Gasteiger partial charge is 0.254 e. The molecule has 2 aromatic heterocycles. The summed E-state index contributed by atoms with van der Waals surface area (Å²) in [5.41, 5.74) is 0.598. The number of hydrogen-bond acceptors (Lipinski definition) is 6. The molecular formula is C21H22BrN3O3S. The minimum Gasteiger partial charge on any atom is -0.488 e. The van der Waals surface area contributed by atoms with E-state index < -0.39 is 0 Å². The van der Waals surface area contributed by atoms with Gasteiger partial charge >= 0.3 is 0 Å². The Morgan fingerprint density at radius 1 is 1.28 bits per heavy atom. The first kappa shape index (κ1) is 20.3. The second kappa shape index (κ2) is 9.67. The molecule has 8 heteroatoms. The van der Waals surface area contributed by atoms with Gasteiger partial charge in [0.25, 0.3) is 5.91 Å². The van der Waals surface area contributed by atoms with Gasteiger partial charge in [-0.05, 0) is 34.1 Å². The molecule has 1 aromatic carbocycles. The molecule has 3 heterocycles. The summed E-state index contributed by atoms with van der Waals surface area (Å²) in [5.74, 6) is 0.726. The van der Waals surface area contributed by atoms with Crippen LogP contribution in [0.25, 0.3) is 10.1 Å². The number of rotatable bonds is 7. The first-order valence-corrected chi connectivity index (χ1v) is 11.1. The fourth-order valence-electron chi connectivity index (χ4n) is 3.20. The number of fused-ring (bicyclic) bond motifs is 1. The lowest BCUT2D eigenvalue weighted by molar-refractivity contribution is 0.0383. The minimum atomic E-state index is -0.0966. The number of carbonyl (C=O) groups excluding carboxylic acids is 1. The number of nitrogens with one attached hydrogen (secondary N) is 1. The van der Waals surface area contributed by atoms with E-state index in [2.05, 4.69) is 31.1 Å². The molecule has 1 N–H and O–H groups in total. The SMILES string of the molecule is O=C(NCCN1CCOCC1)c1cnc(Br)c2cc(COc3ccccc3)sc12. The van der Waals surface area contributed by atoms with Crippen molar-refractivity contribution in [3.8, 4) is 5.75 Å². The topological polar surface area (TPSA) is 63.7 Å². The Bertz CT molecular complexity index is 974. The molecule has 0 atom stereocenters. The van der Waals surface area contributed by atoms with Crippen LogP contribution in [0.1, 0.15) is 15.2 Å². The highest BCUT2D eigenvalue weighted by molar-refractivity contribution is 9.10.